The van der Waals surface area contributed by atoms with E-state index in [0.29, 0.717) is 24.6 Å². The van der Waals surface area contributed by atoms with E-state index in [9.17, 15) is 14.7 Å². The molecule has 2 heterocycles. The first-order valence-corrected chi connectivity index (χ1v) is 9.35. The van der Waals surface area contributed by atoms with Gasteiger partial charge in [0.25, 0.3) is 5.56 Å². The van der Waals surface area contributed by atoms with E-state index in [1.54, 1.807) is 24.3 Å². The lowest BCUT2D eigenvalue weighted by Gasteiger charge is -2.26. The van der Waals surface area contributed by atoms with Gasteiger partial charge < -0.3 is 15.2 Å². The number of piperazine rings is 1. The van der Waals surface area contributed by atoms with Gasteiger partial charge in [-0.15, -0.1) is 0 Å². The van der Waals surface area contributed by atoms with Gasteiger partial charge >= 0.3 is 5.69 Å². The molecule has 0 radical (unpaired) electrons. The highest BCUT2D eigenvalue weighted by molar-refractivity contribution is 5.82. The molecule has 3 N–H and O–H groups in total. The van der Waals surface area contributed by atoms with Crippen molar-refractivity contribution in [3.05, 3.63) is 50.7 Å². The number of aliphatic imine (C=N–C) groups is 1. The molecule has 9 heteroatoms. The fourth-order valence-electron chi connectivity index (χ4n) is 3.09. The van der Waals surface area contributed by atoms with E-state index in [1.165, 1.54) is 6.21 Å². The van der Waals surface area contributed by atoms with Crippen LogP contribution in [0, 0.1) is 0 Å². The highest BCUT2D eigenvalue weighted by Crippen LogP contribution is 2.25. The molecule has 9 nitrogen and oxygen atoms in total. The molecule has 0 amide bonds. The third-order valence-corrected chi connectivity index (χ3v) is 4.50. The van der Waals surface area contributed by atoms with Crippen LogP contribution in [0.4, 0.5) is 0 Å². The molecule has 1 fully saturated rings. The van der Waals surface area contributed by atoms with Gasteiger partial charge in [-0.25, -0.2) is 9.36 Å². The summed E-state index contributed by atoms with van der Waals surface area (Å²) in [5.41, 5.74) is -1.14. The van der Waals surface area contributed by atoms with E-state index >= 15 is 0 Å². The van der Waals surface area contributed by atoms with Gasteiger partial charge in [0.1, 0.15) is 11.3 Å². The summed E-state index contributed by atoms with van der Waals surface area (Å²) in [6.07, 6.45) is 1.32. The van der Waals surface area contributed by atoms with Crippen LogP contribution in [0.2, 0.25) is 0 Å². The van der Waals surface area contributed by atoms with Crippen LogP contribution >= 0.6 is 0 Å². The normalized spacial score (nSPS) is 15.2. The van der Waals surface area contributed by atoms with Crippen molar-refractivity contribution in [2.75, 3.05) is 45.9 Å². The standard InChI is InChI=1S/C19H25N5O4/c1-2-28-16-6-4-3-5-15(16)24-18(26)14(17(25)22-19(24)27)13-21-9-12-23-10-7-20-8-11-23/h3-6,13,20,26H,2,7-12H2,1H3,(H,22,25,27). The third kappa shape index (κ3) is 4.49. The maximum absolute atomic E-state index is 12.3. The van der Waals surface area contributed by atoms with Crippen LogP contribution in [0.3, 0.4) is 0 Å². The first kappa shape index (κ1) is 19.8. The summed E-state index contributed by atoms with van der Waals surface area (Å²) in [7, 11) is 0. The molecule has 0 atom stereocenters. The van der Waals surface area contributed by atoms with Crippen molar-refractivity contribution in [1.82, 2.24) is 19.8 Å². The van der Waals surface area contributed by atoms with Crippen molar-refractivity contribution in [3.8, 4) is 17.3 Å². The van der Waals surface area contributed by atoms with Gasteiger partial charge in [-0.05, 0) is 19.1 Å². The van der Waals surface area contributed by atoms with E-state index < -0.39 is 17.1 Å². The van der Waals surface area contributed by atoms with E-state index in [2.05, 4.69) is 20.2 Å². The average Bonchev–Trinajstić information content (AvgIpc) is 2.69. The second-order valence-electron chi connectivity index (χ2n) is 6.36. The lowest BCUT2D eigenvalue weighted by atomic mass is 10.2. The number of aromatic amines is 1. The van der Waals surface area contributed by atoms with Crippen LogP contribution in [-0.4, -0.2) is 71.6 Å². The fraction of sp³-hybridized carbons (Fsp3) is 0.421. The number of para-hydroxylation sites is 2. The molecule has 1 aliphatic rings. The SMILES string of the molecule is CCOc1ccccc1-n1c(O)c(C=NCCN2CCNCC2)c(=O)[nH]c1=O. The molecule has 1 aromatic heterocycles. The molecule has 0 aliphatic carbocycles. The Kier molecular flexibility index (Phi) is 6.62. The van der Waals surface area contributed by atoms with E-state index in [1.807, 2.05) is 6.92 Å². The van der Waals surface area contributed by atoms with Gasteiger partial charge in [0.2, 0.25) is 5.88 Å². The molecule has 0 bridgehead atoms. The lowest BCUT2D eigenvalue weighted by molar-refractivity contribution is 0.248. The van der Waals surface area contributed by atoms with Crippen molar-refractivity contribution in [2.24, 2.45) is 4.99 Å². The van der Waals surface area contributed by atoms with Gasteiger partial charge in [0.05, 0.1) is 18.8 Å². The van der Waals surface area contributed by atoms with Gasteiger partial charge in [-0.1, -0.05) is 12.1 Å². The average molecular weight is 387 g/mol. The van der Waals surface area contributed by atoms with Crippen LogP contribution in [0.15, 0.2) is 38.8 Å². The predicted octanol–water partition coefficient (Wildman–Crippen LogP) is -0.0458. The number of rotatable bonds is 7. The van der Waals surface area contributed by atoms with Crippen LogP contribution in [0.25, 0.3) is 5.69 Å². The Bertz CT molecular complexity index is 944. The zero-order valence-corrected chi connectivity index (χ0v) is 15.9. The summed E-state index contributed by atoms with van der Waals surface area (Å²) in [6.45, 7) is 7.31. The van der Waals surface area contributed by atoms with Crippen LogP contribution < -0.4 is 21.3 Å². The van der Waals surface area contributed by atoms with Crippen LogP contribution in [-0.2, 0) is 0 Å². The minimum absolute atomic E-state index is 0.0637. The highest BCUT2D eigenvalue weighted by atomic mass is 16.5. The number of nitrogens with zero attached hydrogens (tertiary/aromatic N) is 3. The van der Waals surface area contributed by atoms with Crippen LogP contribution in [0.5, 0.6) is 11.6 Å². The Hall–Kier alpha value is -2.91. The Morgan fingerprint density at radius 1 is 1.25 bits per heavy atom. The van der Waals surface area contributed by atoms with Crippen LogP contribution in [0.1, 0.15) is 12.5 Å². The van der Waals surface area contributed by atoms with Gasteiger partial charge in [-0.2, -0.15) is 0 Å². The first-order chi connectivity index (χ1) is 13.6. The summed E-state index contributed by atoms with van der Waals surface area (Å²) in [6, 6.07) is 6.81. The van der Waals surface area contributed by atoms with Crippen molar-refractivity contribution in [3.63, 3.8) is 0 Å². The third-order valence-electron chi connectivity index (χ3n) is 4.50. The predicted molar refractivity (Wildman–Crippen MR) is 107 cm³/mol. The van der Waals surface area contributed by atoms with E-state index in [-0.39, 0.29) is 5.56 Å². The smallest absolute Gasteiger partial charge is 0.335 e. The number of hydrogen-bond donors (Lipinski definition) is 3. The van der Waals surface area contributed by atoms with Gasteiger partial charge in [-0.3, -0.25) is 19.7 Å². The van der Waals surface area contributed by atoms with Crippen molar-refractivity contribution in [1.29, 1.82) is 0 Å². The van der Waals surface area contributed by atoms with Gasteiger partial charge in [0, 0.05) is 38.9 Å². The minimum Gasteiger partial charge on any atom is -0.493 e. The molecule has 28 heavy (non-hydrogen) atoms. The topological polar surface area (TPSA) is 112 Å². The first-order valence-electron chi connectivity index (χ1n) is 9.35. The van der Waals surface area contributed by atoms with Crippen molar-refractivity contribution in [2.45, 2.75) is 6.92 Å². The van der Waals surface area contributed by atoms with Crippen molar-refractivity contribution >= 4 is 6.21 Å². The highest BCUT2D eigenvalue weighted by Gasteiger charge is 2.17. The summed E-state index contributed by atoms with van der Waals surface area (Å²) >= 11 is 0. The number of H-pyrrole nitrogens is 1. The summed E-state index contributed by atoms with van der Waals surface area (Å²) < 4.78 is 6.55. The molecule has 1 saturated heterocycles. The molecular formula is C19H25N5O4. The molecule has 0 spiro atoms. The lowest BCUT2D eigenvalue weighted by Crippen LogP contribution is -2.44. The maximum atomic E-state index is 12.3. The molecule has 0 unspecified atom stereocenters. The second kappa shape index (κ2) is 9.34. The van der Waals surface area contributed by atoms with Gasteiger partial charge in [0.15, 0.2) is 0 Å². The Balaban J connectivity index is 1.87. The zero-order chi connectivity index (χ0) is 19.9. The summed E-state index contributed by atoms with van der Waals surface area (Å²) in [4.78, 5) is 33.3. The summed E-state index contributed by atoms with van der Waals surface area (Å²) in [5.74, 6) is -0.0390. The molecule has 150 valence electrons. The Morgan fingerprint density at radius 3 is 2.75 bits per heavy atom. The van der Waals surface area contributed by atoms with E-state index in [0.717, 1.165) is 37.3 Å². The number of hydrogen-bond acceptors (Lipinski definition) is 7. The number of nitrogens with one attached hydrogen (secondary N) is 2. The monoisotopic (exact) mass is 387 g/mol. The maximum Gasteiger partial charge on any atom is 0.335 e. The summed E-state index contributed by atoms with van der Waals surface area (Å²) in [5, 5.41) is 13.9. The minimum atomic E-state index is -0.743. The molecular weight excluding hydrogens is 362 g/mol. The zero-order valence-electron chi connectivity index (χ0n) is 15.9. The molecule has 1 aromatic carbocycles. The molecule has 3 rings (SSSR count). The number of benzene rings is 1. The Labute approximate surface area is 162 Å². The Morgan fingerprint density at radius 2 is 2.00 bits per heavy atom. The largest absolute Gasteiger partial charge is 0.493 e. The quantitative estimate of drug-likeness (QED) is 0.575. The van der Waals surface area contributed by atoms with E-state index in [4.69, 9.17) is 4.74 Å². The fourth-order valence-corrected chi connectivity index (χ4v) is 3.09. The number of aromatic hydroxyl groups is 1. The second-order valence-corrected chi connectivity index (χ2v) is 6.36. The molecule has 2 aromatic rings. The molecule has 0 saturated carbocycles. The number of ether oxygens (including phenoxy) is 1. The van der Waals surface area contributed by atoms with Crippen molar-refractivity contribution < 1.29 is 9.84 Å². The molecule has 1 aliphatic heterocycles. The number of aromatic nitrogens is 2.